The minimum atomic E-state index is -0.389. The molecule has 0 aliphatic rings. The monoisotopic (exact) mass is 979 g/mol. The van der Waals surface area contributed by atoms with Gasteiger partial charge in [-0.05, 0) is 100 Å². The topological polar surface area (TPSA) is 246 Å². The van der Waals surface area contributed by atoms with Gasteiger partial charge < -0.3 is 49.2 Å². The van der Waals surface area contributed by atoms with Gasteiger partial charge in [-0.2, -0.15) is 0 Å². The summed E-state index contributed by atoms with van der Waals surface area (Å²) >= 11 is 0. The van der Waals surface area contributed by atoms with E-state index in [-0.39, 0.29) is 62.9 Å². The lowest BCUT2D eigenvalue weighted by Crippen LogP contribution is -2.02. The van der Waals surface area contributed by atoms with Crippen molar-refractivity contribution in [3.05, 3.63) is 189 Å². The minimum Gasteiger partial charge on any atom is -0.469 e. The lowest BCUT2D eigenvalue weighted by molar-refractivity contribution is -0.141. The molecule has 1 aromatic heterocycles. The molecule has 5 rings (SSSR count). The molecule has 16 nitrogen and oxygen atoms in total. The summed E-state index contributed by atoms with van der Waals surface area (Å²) in [7, 11) is 5.43. The van der Waals surface area contributed by atoms with E-state index in [1.807, 2.05) is 78.9 Å². The molecule has 5 aromatic rings. The molecule has 4 aromatic carbocycles. The maximum Gasteiger partial charge on any atom is 0.330 e. The molecule has 0 spiro atoms. The van der Waals surface area contributed by atoms with Crippen LogP contribution >= 0.6 is 0 Å². The van der Waals surface area contributed by atoms with Gasteiger partial charge in [-0.25, -0.2) is 14.4 Å². The Hall–Kier alpha value is -7.60. The van der Waals surface area contributed by atoms with Crippen LogP contribution in [0.2, 0.25) is 0 Å². The van der Waals surface area contributed by atoms with Gasteiger partial charge >= 0.3 is 29.8 Å². The lowest BCUT2D eigenvalue weighted by atomic mass is 10.1. The van der Waals surface area contributed by atoms with Gasteiger partial charge in [0.15, 0.2) is 0 Å². The van der Waals surface area contributed by atoms with Gasteiger partial charge in [0.25, 0.3) is 0 Å². The molecule has 0 atom stereocenters. The van der Waals surface area contributed by atoms with E-state index in [1.54, 1.807) is 61.7 Å². The van der Waals surface area contributed by atoms with E-state index in [0.29, 0.717) is 38.0 Å². The Morgan fingerprint density at radius 1 is 0.451 bits per heavy atom. The molecule has 0 fully saturated rings. The number of pyridine rings is 1. The highest BCUT2D eigenvalue weighted by molar-refractivity contribution is 5.87. The molecule has 16 heteroatoms. The number of methoxy groups -OCH3 is 4. The first kappa shape index (κ1) is 61.4. The number of hydrogen-bond acceptors (Lipinski definition) is 16. The Kier molecular flexibility index (Phi) is 33.1. The molecular weight excluding hydrogens is 915 g/mol. The standard InChI is InChI=1S/C11H13NO3.C11H14O3.C11H12O3.C11H14O3.C11H12O3/c1-2-15-11(14)6-5-10-4-3-9(8-13)7-12-10;2*1-14-11(13)7-6-9-2-4-10(8-12)5-3-9;2*1-14-11(13)6-5-9-3-2-4-10(7-9)8-12/h3-7,13H,2,8H2,1H3;2-5,12H,6-8H2,1H3;2-7,12H,8H2,1H3;2-4,7,12H,5-6,8H2,1H3;2-7,12H,8H2,1H3/b6-5+;;7-6+;;6-5+. The van der Waals surface area contributed by atoms with Crippen molar-refractivity contribution in [2.45, 2.75) is 65.6 Å². The van der Waals surface area contributed by atoms with Crippen LogP contribution in [0.25, 0.3) is 18.2 Å². The van der Waals surface area contributed by atoms with Crippen molar-refractivity contribution in [2.24, 2.45) is 0 Å². The molecule has 0 saturated heterocycles. The predicted molar refractivity (Wildman–Crippen MR) is 268 cm³/mol. The summed E-state index contributed by atoms with van der Waals surface area (Å²) in [6.07, 6.45) is 12.6. The first-order chi connectivity index (χ1) is 34.3. The third-order valence-corrected chi connectivity index (χ3v) is 9.30. The number of ether oxygens (including phenoxy) is 5. The van der Waals surface area contributed by atoms with Crippen molar-refractivity contribution in [3.8, 4) is 0 Å². The molecule has 380 valence electrons. The van der Waals surface area contributed by atoms with Crippen molar-refractivity contribution in [1.29, 1.82) is 0 Å². The van der Waals surface area contributed by atoms with E-state index in [2.05, 4.69) is 23.9 Å². The zero-order valence-corrected chi connectivity index (χ0v) is 40.8. The summed E-state index contributed by atoms with van der Waals surface area (Å²) in [4.78, 5) is 58.2. The van der Waals surface area contributed by atoms with Crippen molar-refractivity contribution < 1.29 is 73.2 Å². The van der Waals surface area contributed by atoms with Gasteiger partial charge in [0.05, 0.1) is 73.8 Å². The molecule has 0 saturated carbocycles. The van der Waals surface area contributed by atoms with Crippen LogP contribution in [-0.2, 0) is 93.5 Å². The number of hydrogen-bond donors (Lipinski definition) is 5. The average Bonchev–Trinajstić information content (AvgIpc) is 3.43. The normalized spacial score (nSPS) is 10.2. The number of rotatable bonds is 18. The van der Waals surface area contributed by atoms with E-state index in [4.69, 9.17) is 30.3 Å². The maximum atomic E-state index is 11.0. The number of aromatic nitrogens is 1. The number of carbonyl (C=O) groups is 5. The molecule has 0 aliphatic heterocycles. The lowest BCUT2D eigenvalue weighted by Gasteiger charge is -2.02. The third-order valence-electron chi connectivity index (χ3n) is 9.30. The fraction of sp³-hybridized carbons (Fsp3) is 0.273. The van der Waals surface area contributed by atoms with E-state index in [1.165, 1.54) is 46.7 Å². The summed E-state index contributed by atoms with van der Waals surface area (Å²) in [5.74, 6) is -1.56. The van der Waals surface area contributed by atoms with Crippen LogP contribution in [0.1, 0.15) is 75.5 Å². The molecule has 0 unspecified atom stereocenters. The van der Waals surface area contributed by atoms with Gasteiger partial charge in [0, 0.05) is 37.3 Å². The molecule has 71 heavy (non-hydrogen) atoms. The zero-order chi connectivity index (χ0) is 52.7. The van der Waals surface area contributed by atoms with Gasteiger partial charge in [0.2, 0.25) is 0 Å². The summed E-state index contributed by atoms with van der Waals surface area (Å²) in [6, 6.07) is 33.1. The van der Waals surface area contributed by atoms with E-state index in [0.717, 1.165) is 50.1 Å². The number of carbonyl (C=O) groups excluding carboxylic acids is 5. The van der Waals surface area contributed by atoms with Crippen LogP contribution in [0.5, 0.6) is 0 Å². The summed E-state index contributed by atoms with van der Waals surface area (Å²) < 4.78 is 22.7. The predicted octanol–water partition coefficient (Wildman–Crippen LogP) is 6.45. The summed E-state index contributed by atoms with van der Waals surface area (Å²) in [6.45, 7) is 2.19. The summed E-state index contributed by atoms with van der Waals surface area (Å²) in [5, 5.41) is 44.2. The molecule has 1 heterocycles. The maximum absolute atomic E-state index is 11.0. The molecule has 0 radical (unpaired) electrons. The number of benzene rings is 4. The van der Waals surface area contributed by atoms with Crippen molar-refractivity contribution in [1.82, 2.24) is 4.98 Å². The summed E-state index contributed by atoms with van der Waals surface area (Å²) in [5.41, 5.74) is 8.68. The highest BCUT2D eigenvalue weighted by Crippen LogP contribution is 2.10. The van der Waals surface area contributed by atoms with Crippen LogP contribution in [-0.4, -0.2) is 95.4 Å². The second-order valence-corrected chi connectivity index (χ2v) is 14.5. The van der Waals surface area contributed by atoms with Crippen LogP contribution in [0, 0.1) is 0 Å². The van der Waals surface area contributed by atoms with E-state index in [9.17, 15) is 24.0 Å². The zero-order valence-electron chi connectivity index (χ0n) is 40.8. The van der Waals surface area contributed by atoms with Crippen LogP contribution < -0.4 is 0 Å². The Morgan fingerprint density at radius 2 is 0.887 bits per heavy atom. The van der Waals surface area contributed by atoms with E-state index >= 15 is 0 Å². The second-order valence-electron chi connectivity index (χ2n) is 14.5. The minimum absolute atomic E-state index is 0.0000950. The fourth-order valence-corrected chi connectivity index (χ4v) is 5.36. The first-order valence-corrected chi connectivity index (χ1v) is 22.1. The molecular formula is C55H65NO15. The Labute approximate surface area is 415 Å². The number of esters is 5. The van der Waals surface area contributed by atoms with Crippen molar-refractivity contribution in [2.75, 3.05) is 35.0 Å². The molecule has 5 N–H and O–H groups in total. The molecule has 0 bridgehead atoms. The number of nitrogens with zero attached hydrogens (tertiary/aromatic N) is 1. The molecule has 0 aliphatic carbocycles. The van der Waals surface area contributed by atoms with Crippen molar-refractivity contribution >= 4 is 48.1 Å². The SMILES string of the molecule is CCOC(=O)/C=C/c1ccc(CO)cn1.COC(=O)/C=C/c1ccc(CO)cc1.COC(=O)/C=C/c1cccc(CO)c1.COC(=O)CCc1ccc(CO)cc1.COC(=O)CCc1cccc(CO)c1. The number of aryl methyl sites for hydroxylation is 2. The van der Waals surface area contributed by atoms with Gasteiger partial charge in [0.1, 0.15) is 0 Å². The van der Waals surface area contributed by atoms with Crippen LogP contribution in [0.15, 0.2) is 134 Å². The van der Waals surface area contributed by atoms with E-state index < -0.39 is 0 Å². The van der Waals surface area contributed by atoms with Gasteiger partial charge in [-0.3, -0.25) is 14.6 Å². The number of aliphatic hydroxyl groups excluding tert-OH is 5. The fourth-order valence-electron chi connectivity index (χ4n) is 5.36. The highest BCUT2D eigenvalue weighted by Gasteiger charge is 2.03. The molecule has 0 amide bonds. The highest BCUT2D eigenvalue weighted by atomic mass is 16.5. The van der Waals surface area contributed by atoms with Crippen molar-refractivity contribution in [3.63, 3.8) is 0 Å². The van der Waals surface area contributed by atoms with Gasteiger partial charge in [-0.15, -0.1) is 0 Å². The third kappa shape index (κ3) is 29.1. The smallest absolute Gasteiger partial charge is 0.330 e. The van der Waals surface area contributed by atoms with Gasteiger partial charge in [-0.1, -0.05) is 97.1 Å². The average molecular weight is 980 g/mol. The van der Waals surface area contributed by atoms with Crippen LogP contribution in [0.4, 0.5) is 0 Å². The Morgan fingerprint density at radius 3 is 1.37 bits per heavy atom. The first-order valence-electron chi connectivity index (χ1n) is 22.1. The second kappa shape index (κ2) is 38.3. The van der Waals surface area contributed by atoms with Crippen LogP contribution in [0.3, 0.4) is 0 Å². The Bertz CT molecular complexity index is 2390. The number of aliphatic hydroxyl groups is 5. The largest absolute Gasteiger partial charge is 0.469 e. The Balaban J connectivity index is 0.000000444. The quantitative estimate of drug-likeness (QED) is 0.0360.